The summed E-state index contributed by atoms with van der Waals surface area (Å²) < 4.78 is 9.44. The fourth-order valence-corrected chi connectivity index (χ4v) is 1.33. The third kappa shape index (κ3) is 4.82. The van der Waals surface area contributed by atoms with Gasteiger partial charge in [-0.1, -0.05) is 36.9 Å². The van der Waals surface area contributed by atoms with Crippen molar-refractivity contribution < 1.29 is 19.1 Å². The van der Waals surface area contributed by atoms with Gasteiger partial charge in [-0.05, 0) is 5.56 Å². The summed E-state index contributed by atoms with van der Waals surface area (Å²) in [6.45, 7) is 3.76. The van der Waals surface area contributed by atoms with E-state index >= 15 is 0 Å². The normalized spacial score (nSPS) is 9.61. The molecule has 0 aromatic heterocycles. The molecule has 0 fully saturated rings. The quantitative estimate of drug-likeness (QED) is 0.570. The zero-order valence-electron chi connectivity index (χ0n) is 10.3. The molecular formula is C14H16O4. The lowest BCUT2D eigenvalue weighted by atomic mass is 10.2. The Hall–Kier alpha value is -2.10. The molecule has 0 radical (unpaired) electrons. The van der Waals surface area contributed by atoms with Gasteiger partial charge in [0.25, 0.3) is 0 Å². The highest BCUT2D eigenvalue weighted by molar-refractivity contribution is 5.93. The number of benzene rings is 1. The van der Waals surface area contributed by atoms with Gasteiger partial charge in [-0.2, -0.15) is 0 Å². The van der Waals surface area contributed by atoms with Crippen molar-refractivity contribution in [3.8, 4) is 0 Å². The number of carbonyl (C=O) groups excluding carboxylic acids is 2. The van der Waals surface area contributed by atoms with Crippen molar-refractivity contribution in [2.24, 2.45) is 0 Å². The molecule has 0 aliphatic heterocycles. The number of esters is 2. The third-order valence-corrected chi connectivity index (χ3v) is 2.34. The minimum absolute atomic E-state index is 0.106. The molecule has 1 aromatic carbocycles. The van der Waals surface area contributed by atoms with Crippen molar-refractivity contribution in [3.05, 3.63) is 48.0 Å². The second kappa shape index (κ2) is 7.27. The molecule has 0 atom stereocenters. The molecule has 96 valence electrons. The van der Waals surface area contributed by atoms with Crippen LogP contribution in [0.4, 0.5) is 0 Å². The van der Waals surface area contributed by atoms with E-state index < -0.39 is 11.9 Å². The molecule has 0 spiro atoms. The SMILES string of the molecule is C=C(CC(=O)OC)C(=O)OCCc1ccccc1. The van der Waals surface area contributed by atoms with Crippen LogP contribution < -0.4 is 0 Å². The minimum Gasteiger partial charge on any atom is -0.469 e. The highest BCUT2D eigenvalue weighted by Gasteiger charge is 2.13. The van der Waals surface area contributed by atoms with Crippen molar-refractivity contribution in [3.63, 3.8) is 0 Å². The van der Waals surface area contributed by atoms with Crippen LogP contribution in [0.3, 0.4) is 0 Å². The van der Waals surface area contributed by atoms with E-state index in [0.717, 1.165) is 5.56 Å². The Bertz CT molecular complexity index is 423. The monoisotopic (exact) mass is 248 g/mol. The summed E-state index contributed by atoms with van der Waals surface area (Å²) in [5.41, 5.74) is 1.19. The van der Waals surface area contributed by atoms with Crippen molar-refractivity contribution in [2.45, 2.75) is 12.8 Å². The first-order chi connectivity index (χ1) is 8.63. The molecule has 0 bridgehead atoms. The first-order valence-corrected chi connectivity index (χ1v) is 5.59. The van der Waals surface area contributed by atoms with Gasteiger partial charge in [0, 0.05) is 12.0 Å². The summed E-state index contributed by atoms with van der Waals surface area (Å²) in [5.74, 6) is -1.06. The molecule has 0 N–H and O–H groups in total. The van der Waals surface area contributed by atoms with E-state index in [-0.39, 0.29) is 18.6 Å². The molecular weight excluding hydrogens is 232 g/mol. The van der Waals surface area contributed by atoms with Crippen LogP contribution in [0.1, 0.15) is 12.0 Å². The van der Waals surface area contributed by atoms with Gasteiger partial charge in [-0.15, -0.1) is 0 Å². The standard InChI is InChI=1S/C14H16O4/c1-11(10-13(15)17-2)14(16)18-9-8-12-6-4-3-5-7-12/h3-7H,1,8-10H2,2H3. The van der Waals surface area contributed by atoms with Crippen LogP contribution in [0.5, 0.6) is 0 Å². The Balaban J connectivity index is 2.29. The molecule has 1 aromatic rings. The molecule has 0 aliphatic carbocycles. The van der Waals surface area contributed by atoms with E-state index in [4.69, 9.17) is 4.74 Å². The number of carbonyl (C=O) groups is 2. The number of methoxy groups -OCH3 is 1. The molecule has 0 saturated heterocycles. The molecule has 0 amide bonds. The topological polar surface area (TPSA) is 52.6 Å². The van der Waals surface area contributed by atoms with E-state index in [1.807, 2.05) is 30.3 Å². The average molecular weight is 248 g/mol. The largest absolute Gasteiger partial charge is 0.469 e. The Morgan fingerprint density at radius 3 is 2.50 bits per heavy atom. The van der Waals surface area contributed by atoms with Crippen molar-refractivity contribution in [1.82, 2.24) is 0 Å². The molecule has 0 unspecified atom stereocenters. The van der Waals surface area contributed by atoms with Crippen LogP contribution in [0, 0.1) is 0 Å². The summed E-state index contributed by atoms with van der Waals surface area (Å²) in [7, 11) is 1.26. The number of ether oxygens (including phenoxy) is 2. The van der Waals surface area contributed by atoms with Gasteiger partial charge in [0.1, 0.15) is 0 Å². The molecule has 4 nitrogen and oxygen atoms in total. The van der Waals surface area contributed by atoms with Crippen molar-refractivity contribution in [1.29, 1.82) is 0 Å². The predicted octanol–water partition coefficient (Wildman–Crippen LogP) is 1.89. The Morgan fingerprint density at radius 1 is 1.22 bits per heavy atom. The Morgan fingerprint density at radius 2 is 1.89 bits per heavy atom. The molecule has 4 heteroatoms. The van der Waals surface area contributed by atoms with E-state index in [2.05, 4.69) is 11.3 Å². The van der Waals surface area contributed by atoms with Crippen LogP contribution in [0.25, 0.3) is 0 Å². The molecule has 18 heavy (non-hydrogen) atoms. The highest BCUT2D eigenvalue weighted by Crippen LogP contribution is 2.04. The lowest BCUT2D eigenvalue weighted by molar-refractivity contribution is -0.144. The van der Waals surface area contributed by atoms with Crippen LogP contribution in [0.2, 0.25) is 0 Å². The number of rotatable bonds is 6. The smallest absolute Gasteiger partial charge is 0.334 e. The molecule has 0 aliphatic rings. The van der Waals surface area contributed by atoms with Gasteiger partial charge in [0.2, 0.25) is 0 Å². The van der Waals surface area contributed by atoms with Crippen LogP contribution >= 0.6 is 0 Å². The van der Waals surface area contributed by atoms with E-state index in [1.165, 1.54) is 7.11 Å². The van der Waals surface area contributed by atoms with E-state index in [0.29, 0.717) is 6.42 Å². The predicted molar refractivity (Wildman–Crippen MR) is 66.9 cm³/mol. The summed E-state index contributed by atoms with van der Waals surface area (Å²) in [6.07, 6.45) is 0.499. The zero-order chi connectivity index (χ0) is 13.4. The summed E-state index contributed by atoms with van der Waals surface area (Å²) >= 11 is 0. The van der Waals surface area contributed by atoms with E-state index in [9.17, 15) is 9.59 Å². The van der Waals surface area contributed by atoms with Gasteiger partial charge in [-0.25, -0.2) is 4.79 Å². The molecule has 0 saturated carbocycles. The highest BCUT2D eigenvalue weighted by atomic mass is 16.5. The minimum atomic E-state index is -0.559. The van der Waals surface area contributed by atoms with Crippen molar-refractivity contribution in [2.75, 3.05) is 13.7 Å². The first kappa shape index (κ1) is 14.0. The maximum absolute atomic E-state index is 11.5. The van der Waals surface area contributed by atoms with Crippen LogP contribution in [0.15, 0.2) is 42.5 Å². The Kier molecular flexibility index (Phi) is 5.64. The van der Waals surface area contributed by atoms with Crippen LogP contribution in [-0.4, -0.2) is 25.7 Å². The molecule has 1 rings (SSSR count). The molecule has 0 heterocycles. The summed E-state index contributed by atoms with van der Waals surface area (Å²) in [5, 5.41) is 0. The second-order valence-electron chi connectivity index (χ2n) is 3.73. The second-order valence-corrected chi connectivity index (χ2v) is 3.73. The number of hydrogen-bond donors (Lipinski definition) is 0. The summed E-state index contributed by atoms with van der Waals surface area (Å²) in [6, 6.07) is 9.68. The van der Waals surface area contributed by atoms with Gasteiger partial charge < -0.3 is 9.47 Å². The first-order valence-electron chi connectivity index (χ1n) is 5.59. The van der Waals surface area contributed by atoms with Gasteiger partial charge >= 0.3 is 11.9 Å². The van der Waals surface area contributed by atoms with Gasteiger partial charge in [-0.3, -0.25) is 4.79 Å². The Labute approximate surface area is 106 Å². The fraction of sp³-hybridized carbons (Fsp3) is 0.286. The lowest BCUT2D eigenvalue weighted by Crippen LogP contribution is -2.13. The average Bonchev–Trinajstić information content (AvgIpc) is 2.39. The van der Waals surface area contributed by atoms with Gasteiger partial charge in [0.15, 0.2) is 0 Å². The lowest BCUT2D eigenvalue weighted by Gasteiger charge is -2.06. The zero-order valence-corrected chi connectivity index (χ0v) is 10.3. The maximum atomic E-state index is 11.5. The fourth-order valence-electron chi connectivity index (χ4n) is 1.33. The van der Waals surface area contributed by atoms with Crippen molar-refractivity contribution >= 4 is 11.9 Å². The number of hydrogen-bond acceptors (Lipinski definition) is 4. The van der Waals surface area contributed by atoms with Crippen LogP contribution in [-0.2, 0) is 25.5 Å². The van der Waals surface area contributed by atoms with E-state index in [1.54, 1.807) is 0 Å². The third-order valence-electron chi connectivity index (χ3n) is 2.34. The summed E-state index contributed by atoms with van der Waals surface area (Å²) in [4.78, 5) is 22.4. The maximum Gasteiger partial charge on any atom is 0.334 e. The van der Waals surface area contributed by atoms with Gasteiger partial charge in [0.05, 0.1) is 20.1 Å².